The number of carbonyl (C=O) groups excluding carboxylic acids is 1. The van der Waals surface area contributed by atoms with Crippen molar-refractivity contribution in [1.82, 2.24) is 29.9 Å². The fourth-order valence-electron chi connectivity index (χ4n) is 5.19. The zero-order valence-corrected chi connectivity index (χ0v) is 21.2. The largest absolute Gasteiger partial charge is 0.444 e. The Morgan fingerprint density at radius 1 is 1.11 bits per heavy atom. The number of nitrogens with zero attached hydrogens (tertiary/aromatic N) is 5. The number of hydrogen-bond donors (Lipinski definition) is 1. The summed E-state index contributed by atoms with van der Waals surface area (Å²) < 4.78 is 11.3. The van der Waals surface area contributed by atoms with Gasteiger partial charge in [-0.1, -0.05) is 18.1 Å². The lowest BCUT2D eigenvalue weighted by atomic mass is 9.93. The van der Waals surface area contributed by atoms with Gasteiger partial charge in [0.05, 0.1) is 16.6 Å². The second-order valence-corrected chi connectivity index (χ2v) is 10.7. The minimum absolute atomic E-state index is 0.196. The Morgan fingerprint density at radius 2 is 1.86 bits per heavy atom. The molecule has 2 fully saturated rings. The third kappa shape index (κ3) is 5.19. The molecule has 35 heavy (non-hydrogen) atoms. The van der Waals surface area contributed by atoms with Crippen LogP contribution in [0.4, 0.5) is 4.79 Å². The number of amides is 1. The highest BCUT2D eigenvalue weighted by Crippen LogP contribution is 2.32. The first-order valence-electron chi connectivity index (χ1n) is 12.8. The third-order valence-electron chi connectivity index (χ3n) is 7.09. The average molecular weight is 481 g/mol. The summed E-state index contributed by atoms with van der Waals surface area (Å²) in [6, 6.07) is 6.54. The number of rotatable bonds is 4. The van der Waals surface area contributed by atoms with Crippen molar-refractivity contribution < 1.29 is 14.1 Å². The molecular formula is C26H36N6O3. The Bertz CT molecular complexity index is 1160. The number of aryl methyl sites for hydroxylation is 1. The SMILES string of the molecule is CCc1nc2c(-c3noc(C4CCN(C5CCN(C(=O)OC(C)(C)C)CC5)CC4)n3)cccc2[nH]1. The number of benzene rings is 1. The Hall–Kier alpha value is -2.94. The Labute approximate surface area is 206 Å². The number of H-pyrrole nitrogens is 1. The molecule has 4 heterocycles. The number of ether oxygens (including phenoxy) is 1. The van der Waals surface area contributed by atoms with Crippen LogP contribution >= 0.6 is 0 Å². The van der Waals surface area contributed by atoms with E-state index in [9.17, 15) is 4.79 Å². The Kier molecular flexibility index (Phi) is 6.53. The first-order chi connectivity index (χ1) is 16.8. The maximum Gasteiger partial charge on any atom is 0.410 e. The predicted molar refractivity (Wildman–Crippen MR) is 133 cm³/mol. The first kappa shape index (κ1) is 23.8. The van der Waals surface area contributed by atoms with E-state index in [1.54, 1.807) is 0 Å². The molecule has 2 aliphatic rings. The maximum atomic E-state index is 12.4. The molecule has 0 bridgehead atoms. The molecule has 1 aromatic carbocycles. The van der Waals surface area contributed by atoms with Crippen LogP contribution in [0.25, 0.3) is 22.4 Å². The van der Waals surface area contributed by atoms with Gasteiger partial charge in [0, 0.05) is 31.5 Å². The first-order valence-corrected chi connectivity index (χ1v) is 12.8. The summed E-state index contributed by atoms with van der Waals surface area (Å²) >= 11 is 0. The number of carbonyl (C=O) groups is 1. The van der Waals surface area contributed by atoms with Crippen LogP contribution in [-0.4, -0.2) is 73.8 Å². The van der Waals surface area contributed by atoms with Gasteiger partial charge in [-0.2, -0.15) is 4.98 Å². The van der Waals surface area contributed by atoms with Crippen LogP contribution in [0.3, 0.4) is 0 Å². The van der Waals surface area contributed by atoms with E-state index in [4.69, 9.17) is 19.2 Å². The van der Waals surface area contributed by atoms with E-state index in [-0.39, 0.29) is 12.0 Å². The van der Waals surface area contributed by atoms with Gasteiger partial charge in [0.2, 0.25) is 11.7 Å². The van der Waals surface area contributed by atoms with E-state index in [0.29, 0.717) is 11.9 Å². The zero-order valence-electron chi connectivity index (χ0n) is 21.2. The van der Waals surface area contributed by atoms with Crippen molar-refractivity contribution in [2.24, 2.45) is 0 Å². The van der Waals surface area contributed by atoms with Gasteiger partial charge in [0.1, 0.15) is 11.4 Å². The van der Waals surface area contributed by atoms with Gasteiger partial charge < -0.3 is 24.0 Å². The van der Waals surface area contributed by atoms with Crippen LogP contribution in [0, 0.1) is 0 Å². The van der Waals surface area contributed by atoms with E-state index in [1.807, 2.05) is 43.9 Å². The molecule has 0 atom stereocenters. The standard InChI is InChI=1S/C26H36N6O3/c1-5-21-27-20-8-6-7-19(22(20)28-21)23-29-24(35-30-23)17-9-13-31(14-10-17)18-11-15-32(16-12-18)25(33)34-26(2,3)4/h6-8,17-18H,5,9-16H2,1-4H3,(H,27,28). The smallest absolute Gasteiger partial charge is 0.410 e. The number of aromatic amines is 1. The van der Waals surface area contributed by atoms with Crippen molar-refractivity contribution in [3.63, 3.8) is 0 Å². The van der Waals surface area contributed by atoms with Crippen molar-refractivity contribution in [1.29, 1.82) is 0 Å². The Balaban J connectivity index is 1.17. The molecule has 0 spiro atoms. The summed E-state index contributed by atoms with van der Waals surface area (Å²) in [5.74, 6) is 2.57. The summed E-state index contributed by atoms with van der Waals surface area (Å²) in [6.07, 6.45) is 4.63. The molecule has 9 heteroatoms. The number of fused-ring (bicyclic) bond motifs is 1. The van der Waals surface area contributed by atoms with Crippen molar-refractivity contribution in [2.45, 2.75) is 77.4 Å². The third-order valence-corrected chi connectivity index (χ3v) is 7.09. The number of para-hydroxylation sites is 1. The zero-order chi connectivity index (χ0) is 24.6. The van der Waals surface area contributed by atoms with Gasteiger partial charge in [-0.15, -0.1) is 0 Å². The van der Waals surface area contributed by atoms with Gasteiger partial charge in [-0.05, 0) is 71.7 Å². The molecule has 2 aliphatic heterocycles. The molecule has 0 saturated carbocycles. The fraction of sp³-hybridized carbons (Fsp3) is 0.615. The molecule has 2 saturated heterocycles. The number of imidazole rings is 1. The summed E-state index contributed by atoms with van der Waals surface area (Å²) in [7, 11) is 0. The van der Waals surface area contributed by atoms with Gasteiger partial charge >= 0.3 is 6.09 Å². The summed E-state index contributed by atoms with van der Waals surface area (Å²) in [5.41, 5.74) is 2.34. The van der Waals surface area contributed by atoms with E-state index in [1.165, 1.54) is 0 Å². The average Bonchev–Trinajstić information content (AvgIpc) is 3.50. The number of piperidine rings is 2. The molecule has 1 amide bonds. The highest BCUT2D eigenvalue weighted by Gasteiger charge is 2.33. The van der Waals surface area contributed by atoms with Gasteiger partial charge in [-0.3, -0.25) is 0 Å². The van der Waals surface area contributed by atoms with Crippen LogP contribution in [0.5, 0.6) is 0 Å². The number of nitrogens with one attached hydrogen (secondary N) is 1. The molecule has 0 radical (unpaired) electrons. The van der Waals surface area contributed by atoms with Gasteiger partial charge in [0.15, 0.2) is 0 Å². The highest BCUT2D eigenvalue weighted by atomic mass is 16.6. The topological polar surface area (TPSA) is 100 Å². The lowest BCUT2D eigenvalue weighted by Gasteiger charge is -2.41. The molecule has 1 N–H and O–H groups in total. The van der Waals surface area contributed by atoms with Crippen molar-refractivity contribution >= 4 is 17.1 Å². The van der Waals surface area contributed by atoms with Crippen molar-refractivity contribution in [2.75, 3.05) is 26.2 Å². The van der Waals surface area contributed by atoms with Gasteiger partial charge in [-0.25, -0.2) is 9.78 Å². The summed E-state index contributed by atoms with van der Waals surface area (Å²) in [5, 5.41) is 4.30. The van der Waals surface area contributed by atoms with Crippen molar-refractivity contribution in [3.05, 3.63) is 29.9 Å². The molecule has 188 valence electrons. The molecule has 2 aromatic heterocycles. The van der Waals surface area contributed by atoms with E-state index in [0.717, 1.165) is 86.6 Å². The van der Waals surface area contributed by atoms with Crippen LogP contribution in [0.15, 0.2) is 22.7 Å². The number of hydrogen-bond acceptors (Lipinski definition) is 7. The maximum absolute atomic E-state index is 12.4. The van der Waals surface area contributed by atoms with E-state index in [2.05, 4.69) is 22.0 Å². The molecule has 5 rings (SSSR count). The second-order valence-electron chi connectivity index (χ2n) is 10.7. The normalized spacial score (nSPS) is 18.9. The van der Waals surface area contributed by atoms with Crippen LogP contribution in [0.2, 0.25) is 0 Å². The predicted octanol–water partition coefficient (Wildman–Crippen LogP) is 4.75. The van der Waals surface area contributed by atoms with Crippen molar-refractivity contribution in [3.8, 4) is 11.4 Å². The number of likely N-dealkylation sites (tertiary alicyclic amines) is 2. The van der Waals surface area contributed by atoms with E-state index >= 15 is 0 Å². The lowest BCUT2D eigenvalue weighted by molar-refractivity contribution is 0.0124. The highest BCUT2D eigenvalue weighted by molar-refractivity contribution is 5.89. The van der Waals surface area contributed by atoms with Gasteiger partial charge in [0.25, 0.3) is 0 Å². The minimum atomic E-state index is -0.451. The summed E-state index contributed by atoms with van der Waals surface area (Å²) in [4.78, 5) is 29.6. The molecule has 0 unspecified atom stereocenters. The quantitative estimate of drug-likeness (QED) is 0.575. The molecule has 0 aliphatic carbocycles. The van der Waals surface area contributed by atoms with Crippen LogP contribution in [0.1, 0.15) is 71.0 Å². The molecule has 3 aromatic rings. The molecule has 9 nitrogen and oxygen atoms in total. The van der Waals surface area contributed by atoms with E-state index < -0.39 is 5.60 Å². The fourth-order valence-corrected chi connectivity index (χ4v) is 5.19. The van der Waals surface area contributed by atoms with Crippen LogP contribution < -0.4 is 0 Å². The van der Waals surface area contributed by atoms with Crippen LogP contribution in [-0.2, 0) is 11.2 Å². The number of aromatic nitrogens is 4. The second kappa shape index (κ2) is 9.60. The summed E-state index contributed by atoms with van der Waals surface area (Å²) in [6.45, 7) is 11.3. The monoisotopic (exact) mass is 480 g/mol. The molecular weight excluding hydrogens is 444 g/mol. The minimum Gasteiger partial charge on any atom is -0.444 e. The Morgan fingerprint density at radius 3 is 2.54 bits per heavy atom. The lowest BCUT2D eigenvalue weighted by Crippen LogP contribution is -2.49.